The topological polar surface area (TPSA) is 77.0 Å². The molecule has 7 heteroatoms. The Labute approximate surface area is 188 Å². The summed E-state index contributed by atoms with van der Waals surface area (Å²) in [5, 5.41) is 9.96. The van der Waals surface area contributed by atoms with E-state index in [-0.39, 0.29) is 49.4 Å². The summed E-state index contributed by atoms with van der Waals surface area (Å²) in [6.07, 6.45) is 3.57. The number of aliphatic hydroxyl groups is 1. The molecule has 0 saturated carbocycles. The highest BCUT2D eigenvalue weighted by molar-refractivity contribution is 5.88. The van der Waals surface area contributed by atoms with Crippen LogP contribution in [-0.2, 0) is 16.0 Å². The first-order chi connectivity index (χ1) is 15.5. The Hall–Kier alpha value is -3.21. The molecule has 7 nitrogen and oxygen atoms in total. The van der Waals surface area contributed by atoms with Gasteiger partial charge in [-0.3, -0.25) is 19.5 Å². The van der Waals surface area contributed by atoms with E-state index in [4.69, 9.17) is 0 Å². The number of aromatic nitrogens is 1. The maximum absolute atomic E-state index is 12.8. The molecule has 2 aliphatic rings. The number of fused-ring (bicyclic) bond motifs is 1. The molecule has 4 rings (SSSR count). The van der Waals surface area contributed by atoms with Crippen LogP contribution in [0.25, 0.3) is 0 Å². The standard InChI is InChI=1S/C25H28N4O3/c1-27(2)12-4-6-18-7-9-20(10-8-18)25-21-15-28(16-24(32)29(21)22(25)17-30)23(31)13-19-5-3-11-26-14-19/h3,5,7-11,14,21-22,25,30H,12-13,15-17H2,1-2H3/t21-,22-,25+/m1/s1. The van der Waals surface area contributed by atoms with E-state index >= 15 is 0 Å². The summed E-state index contributed by atoms with van der Waals surface area (Å²) in [5.74, 6) is 6.07. The normalized spacial score (nSPS) is 22.1. The molecule has 166 valence electrons. The van der Waals surface area contributed by atoms with Crippen LogP contribution >= 0.6 is 0 Å². The van der Waals surface area contributed by atoms with Crippen molar-refractivity contribution in [1.29, 1.82) is 0 Å². The van der Waals surface area contributed by atoms with Gasteiger partial charge in [0.2, 0.25) is 11.8 Å². The van der Waals surface area contributed by atoms with Crippen molar-refractivity contribution in [2.45, 2.75) is 24.4 Å². The largest absolute Gasteiger partial charge is 0.394 e. The van der Waals surface area contributed by atoms with Crippen molar-refractivity contribution in [2.75, 3.05) is 40.3 Å². The molecule has 3 atom stereocenters. The van der Waals surface area contributed by atoms with Gasteiger partial charge in [-0.1, -0.05) is 30.0 Å². The summed E-state index contributed by atoms with van der Waals surface area (Å²) in [4.78, 5) is 35.1. The Bertz CT molecular complexity index is 1030. The van der Waals surface area contributed by atoms with Gasteiger partial charge in [0, 0.05) is 30.4 Å². The van der Waals surface area contributed by atoms with Crippen LogP contribution in [0.2, 0.25) is 0 Å². The van der Waals surface area contributed by atoms with Crippen LogP contribution in [0.15, 0.2) is 48.8 Å². The molecule has 2 aromatic rings. The number of pyridine rings is 1. The van der Waals surface area contributed by atoms with E-state index in [1.807, 2.05) is 49.3 Å². The molecular formula is C25H28N4O3. The number of piperazine rings is 1. The molecule has 3 heterocycles. The summed E-state index contributed by atoms with van der Waals surface area (Å²) in [6, 6.07) is 11.3. The smallest absolute Gasteiger partial charge is 0.242 e. The van der Waals surface area contributed by atoms with E-state index in [1.54, 1.807) is 28.3 Å². The van der Waals surface area contributed by atoms with Gasteiger partial charge in [0.1, 0.15) is 0 Å². The molecule has 0 aliphatic carbocycles. The third kappa shape index (κ3) is 4.52. The van der Waals surface area contributed by atoms with E-state index in [0.29, 0.717) is 13.1 Å². The van der Waals surface area contributed by atoms with Gasteiger partial charge in [0.05, 0.1) is 38.2 Å². The monoisotopic (exact) mass is 432 g/mol. The summed E-state index contributed by atoms with van der Waals surface area (Å²) in [6.45, 7) is 1.12. The maximum atomic E-state index is 12.8. The van der Waals surface area contributed by atoms with Gasteiger partial charge in [-0.2, -0.15) is 0 Å². The van der Waals surface area contributed by atoms with E-state index in [0.717, 1.165) is 16.7 Å². The average molecular weight is 433 g/mol. The average Bonchev–Trinajstić information content (AvgIpc) is 2.76. The molecule has 2 fully saturated rings. The van der Waals surface area contributed by atoms with E-state index in [1.165, 1.54) is 0 Å². The fraction of sp³-hybridized carbons (Fsp3) is 0.400. The molecule has 2 amide bonds. The second kappa shape index (κ2) is 9.51. The highest BCUT2D eigenvalue weighted by Gasteiger charge is 2.54. The Morgan fingerprint density at radius 3 is 2.69 bits per heavy atom. The zero-order valence-electron chi connectivity index (χ0n) is 18.4. The lowest BCUT2D eigenvalue weighted by atomic mass is 9.73. The molecule has 2 aliphatic heterocycles. The molecular weight excluding hydrogens is 404 g/mol. The van der Waals surface area contributed by atoms with E-state index < -0.39 is 0 Å². The predicted octanol–water partition coefficient (Wildman–Crippen LogP) is 0.735. The minimum Gasteiger partial charge on any atom is -0.394 e. The molecule has 1 aromatic heterocycles. The van der Waals surface area contributed by atoms with Crippen LogP contribution < -0.4 is 0 Å². The van der Waals surface area contributed by atoms with Gasteiger partial charge >= 0.3 is 0 Å². The van der Waals surface area contributed by atoms with Crippen molar-refractivity contribution in [3.8, 4) is 11.8 Å². The Morgan fingerprint density at radius 1 is 1.25 bits per heavy atom. The SMILES string of the molecule is CN(C)CC#Cc1ccc([C@@H]2[C@@H](CO)N3C(=O)CN(C(=O)Cc4cccnc4)C[C@H]23)cc1. The highest BCUT2D eigenvalue weighted by Crippen LogP contribution is 2.42. The van der Waals surface area contributed by atoms with Crippen LogP contribution in [0.3, 0.4) is 0 Å². The first kappa shape index (κ1) is 22.0. The lowest BCUT2D eigenvalue weighted by Gasteiger charge is -2.58. The summed E-state index contributed by atoms with van der Waals surface area (Å²) >= 11 is 0. The van der Waals surface area contributed by atoms with Crippen molar-refractivity contribution in [2.24, 2.45) is 0 Å². The minimum atomic E-state index is -0.256. The molecule has 32 heavy (non-hydrogen) atoms. The number of amides is 2. The van der Waals surface area contributed by atoms with Crippen LogP contribution in [0.4, 0.5) is 0 Å². The van der Waals surface area contributed by atoms with Crippen LogP contribution in [0.5, 0.6) is 0 Å². The number of hydrogen-bond acceptors (Lipinski definition) is 5. The molecule has 2 saturated heterocycles. The molecule has 1 aromatic carbocycles. The second-order valence-corrected chi connectivity index (χ2v) is 8.62. The zero-order chi connectivity index (χ0) is 22.7. The van der Waals surface area contributed by atoms with Gasteiger partial charge in [-0.25, -0.2) is 0 Å². The third-order valence-corrected chi connectivity index (χ3v) is 6.11. The Kier molecular flexibility index (Phi) is 6.54. The maximum Gasteiger partial charge on any atom is 0.242 e. The van der Waals surface area contributed by atoms with Gasteiger partial charge < -0.3 is 14.9 Å². The van der Waals surface area contributed by atoms with Crippen molar-refractivity contribution in [3.05, 3.63) is 65.5 Å². The van der Waals surface area contributed by atoms with E-state index in [2.05, 4.69) is 16.8 Å². The Balaban J connectivity index is 1.48. The minimum absolute atomic E-state index is 0.0123. The van der Waals surface area contributed by atoms with Crippen LogP contribution in [0, 0.1) is 11.8 Å². The van der Waals surface area contributed by atoms with Gasteiger partial charge in [-0.05, 0) is 43.4 Å². The van der Waals surface area contributed by atoms with Crippen molar-refractivity contribution in [1.82, 2.24) is 19.7 Å². The molecule has 1 N–H and O–H groups in total. The van der Waals surface area contributed by atoms with Gasteiger partial charge in [0.15, 0.2) is 0 Å². The van der Waals surface area contributed by atoms with Crippen LogP contribution in [0.1, 0.15) is 22.6 Å². The predicted molar refractivity (Wildman–Crippen MR) is 121 cm³/mol. The Morgan fingerprint density at radius 2 is 2.03 bits per heavy atom. The van der Waals surface area contributed by atoms with Crippen molar-refractivity contribution < 1.29 is 14.7 Å². The van der Waals surface area contributed by atoms with Crippen molar-refractivity contribution in [3.63, 3.8) is 0 Å². The fourth-order valence-electron chi connectivity index (χ4n) is 4.57. The number of hydrogen-bond donors (Lipinski definition) is 1. The molecule has 0 bridgehead atoms. The highest BCUT2D eigenvalue weighted by atomic mass is 16.3. The summed E-state index contributed by atoms with van der Waals surface area (Å²) < 4.78 is 0. The first-order valence-corrected chi connectivity index (χ1v) is 10.8. The number of benzene rings is 1. The van der Waals surface area contributed by atoms with Crippen molar-refractivity contribution >= 4 is 11.8 Å². The number of nitrogens with zero attached hydrogens (tertiary/aromatic N) is 4. The third-order valence-electron chi connectivity index (χ3n) is 6.11. The van der Waals surface area contributed by atoms with E-state index in [9.17, 15) is 14.7 Å². The lowest BCUT2D eigenvalue weighted by Crippen LogP contribution is -2.73. The fourth-order valence-corrected chi connectivity index (χ4v) is 4.57. The van der Waals surface area contributed by atoms with Crippen LogP contribution in [-0.4, -0.2) is 89.0 Å². The number of carbonyl (C=O) groups excluding carboxylic acids is 2. The number of rotatable bonds is 5. The molecule has 0 radical (unpaired) electrons. The quantitative estimate of drug-likeness (QED) is 0.705. The lowest BCUT2D eigenvalue weighted by molar-refractivity contribution is -0.166. The van der Waals surface area contributed by atoms with Gasteiger partial charge in [0.25, 0.3) is 0 Å². The first-order valence-electron chi connectivity index (χ1n) is 10.8. The zero-order valence-corrected chi connectivity index (χ0v) is 18.4. The second-order valence-electron chi connectivity index (χ2n) is 8.62. The van der Waals surface area contributed by atoms with Gasteiger partial charge in [-0.15, -0.1) is 0 Å². The summed E-state index contributed by atoms with van der Waals surface area (Å²) in [7, 11) is 3.96. The summed E-state index contributed by atoms with van der Waals surface area (Å²) in [5.41, 5.74) is 2.81. The molecule has 0 spiro atoms. The molecule has 0 unspecified atom stereocenters. The number of carbonyl (C=O) groups is 2. The number of aliphatic hydroxyl groups excluding tert-OH is 1.